The third-order valence-electron chi connectivity index (χ3n) is 3.02. The smallest absolute Gasteiger partial charge is 0.305 e. The fraction of sp³-hybridized carbons (Fsp3) is 0.0714. The average Bonchev–Trinajstić information content (AvgIpc) is 2.74. The Bertz CT molecular complexity index is 816. The molecular formula is C14H9F3N2O. The number of H-pyrrole nitrogens is 1. The number of nitrogens with zero attached hydrogens (tertiary/aromatic N) is 1. The summed E-state index contributed by atoms with van der Waals surface area (Å²) in [4.78, 5) is 14.4. The predicted molar refractivity (Wildman–Crippen MR) is 68.9 cm³/mol. The van der Waals surface area contributed by atoms with Crippen LogP contribution in [0.3, 0.4) is 0 Å². The Labute approximate surface area is 111 Å². The van der Waals surface area contributed by atoms with Crippen LogP contribution >= 0.6 is 0 Å². The van der Waals surface area contributed by atoms with Crippen molar-refractivity contribution < 1.29 is 13.2 Å². The summed E-state index contributed by atoms with van der Waals surface area (Å²) in [5.41, 5.74) is -1.04. The molecule has 0 unspecified atom stereocenters. The minimum absolute atomic E-state index is 0.156. The Morgan fingerprint density at radius 1 is 0.950 bits per heavy atom. The van der Waals surface area contributed by atoms with Gasteiger partial charge in [-0.05, 0) is 24.3 Å². The molecular weight excluding hydrogens is 269 g/mol. The van der Waals surface area contributed by atoms with Crippen molar-refractivity contribution >= 4 is 11.0 Å². The van der Waals surface area contributed by atoms with Gasteiger partial charge in [0.15, 0.2) is 0 Å². The van der Waals surface area contributed by atoms with Crippen LogP contribution in [-0.4, -0.2) is 9.55 Å². The van der Waals surface area contributed by atoms with Gasteiger partial charge in [0, 0.05) is 0 Å². The maximum Gasteiger partial charge on any atom is 0.418 e. The zero-order valence-corrected chi connectivity index (χ0v) is 10.1. The topological polar surface area (TPSA) is 37.8 Å². The highest BCUT2D eigenvalue weighted by atomic mass is 19.4. The molecule has 0 aliphatic heterocycles. The maximum absolute atomic E-state index is 13.1. The van der Waals surface area contributed by atoms with Gasteiger partial charge in [0.05, 0.1) is 22.3 Å². The maximum atomic E-state index is 13.1. The standard InChI is InChI=1S/C14H9F3N2O/c15-14(16,17)10-7-4-8-11-12(10)19(13(20)18-11)9-5-2-1-3-6-9/h1-8H,(H,18,20). The number of hydrogen-bond acceptors (Lipinski definition) is 1. The third kappa shape index (κ3) is 1.89. The number of benzene rings is 2. The van der Waals surface area contributed by atoms with E-state index in [0.717, 1.165) is 10.6 Å². The van der Waals surface area contributed by atoms with Gasteiger partial charge in [0.25, 0.3) is 0 Å². The molecule has 3 nitrogen and oxygen atoms in total. The summed E-state index contributed by atoms with van der Waals surface area (Å²) in [6.45, 7) is 0. The fourth-order valence-corrected chi connectivity index (χ4v) is 2.21. The van der Waals surface area contributed by atoms with Crippen LogP contribution in [0, 0.1) is 0 Å². The first-order valence-electron chi connectivity index (χ1n) is 5.85. The van der Waals surface area contributed by atoms with E-state index < -0.39 is 17.4 Å². The number of aromatic amines is 1. The Hall–Kier alpha value is -2.50. The molecule has 20 heavy (non-hydrogen) atoms. The minimum atomic E-state index is -4.52. The molecule has 3 rings (SSSR count). The van der Waals surface area contributed by atoms with Crippen LogP contribution in [0.2, 0.25) is 0 Å². The van der Waals surface area contributed by atoms with Crippen LogP contribution in [0.4, 0.5) is 13.2 Å². The van der Waals surface area contributed by atoms with E-state index in [1.165, 1.54) is 12.1 Å². The number of rotatable bonds is 1. The molecule has 6 heteroatoms. The normalized spacial score (nSPS) is 11.9. The first-order chi connectivity index (χ1) is 9.48. The summed E-state index contributed by atoms with van der Waals surface area (Å²) < 4.78 is 40.3. The molecule has 0 saturated carbocycles. The lowest BCUT2D eigenvalue weighted by Crippen LogP contribution is -2.16. The Kier molecular flexibility index (Phi) is 2.67. The average molecular weight is 278 g/mol. The van der Waals surface area contributed by atoms with Gasteiger partial charge in [0.2, 0.25) is 0 Å². The summed E-state index contributed by atoms with van der Waals surface area (Å²) in [7, 11) is 0. The van der Waals surface area contributed by atoms with E-state index in [1.807, 2.05) is 0 Å². The second kappa shape index (κ2) is 4.26. The highest BCUT2D eigenvalue weighted by Gasteiger charge is 2.34. The summed E-state index contributed by atoms with van der Waals surface area (Å²) in [6.07, 6.45) is -4.52. The Morgan fingerprint density at radius 2 is 1.65 bits per heavy atom. The molecule has 1 N–H and O–H groups in total. The van der Waals surface area contributed by atoms with Gasteiger partial charge in [0.1, 0.15) is 0 Å². The van der Waals surface area contributed by atoms with Gasteiger partial charge >= 0.3 is 11.9 Å². The van der Waals surface area contributed by atoms with Crippen LogP contribution < -0.4 is 5.69 Å². The van der Waals surface area contributed by atoms with Crippen LogP contribution in [0.15, 0.2) is 53.3 Å². The third-order valence-corrected chi connectivity index (χ3v) is 3.02. The van der Waals surface area contributed by atoms with E-state index in [4.69, 9.17) is 0 Å². The number of alkyl halides is 3. The Morgan fingerprint density at radius 3 is 2.30 bits per heavy atom. The van der Waals surface area contributed by atoms with Crippen molar-refractivity contribution in [3.05, 3.63) is 64.6 Å². The molecule has 0 bridgehead atoms. The van der Waals surface area contributed by atoms with Crippen molar-refractivity contribution in [1.29, 1.82) is 0 Å². The second-order valence-electron chi connectivity index (χ2n) is 4.30. The number of para-hydroxylation sites is 2. The second-order valence-corrected chi connectivity index (χ2v) is 4.30. The van der Waals surface area contributed by atoms with E-state index in [2.05, 4.69) is 4.98 Å². The van der Waals surface area contributed by atoms with Crippen LogP contribution in [0.1, 0.15) is 5.56 Å². The summed E-state index contributed by atoms with van der Waals surface area (Å²) in [5, 5.41) is 0. The molecule has 1 aromatic heterocycles. The van der Waals surface area contributed by atoms with E-state index in [0.29, 0.717) is 5.69 Å². The molecule has 0 amide bonds. The highest BCUT2D eigenvalue weighted by molar-refractivity contribution is 5.81. The van der Waals surface area contributed by atoms with Crippen molar-refractivity contribution in [2.75, 3.05) is 0 Å². The fourth-order valence-electron chi connectivity index (χ4n) is 2.21. The number of aromatic nitrogens is 2. The summed E-state index contributed by atoms with van der Waals surface area (Å²) in [6, 6.07) is 11.9. The lowest BCUT2D eigenvalue weighted by Gasteiger charge is -2.10. The van der Waals surface area contributed by atoms with Gasteiger partial charge in [-0.25, -0.2) is 4.79 Å². The molecule has 2 aromatic carbocycles. The van der Waals surface area contributed by atoms with Gasteiger partial charge in [-0.3, -0.25) is 4.57 Å². The van der Waals surface area contributed by atoms with Gasteiger partial charge in [-0.2, -0.15) is 13.2 Å². The summed E-state index contributed by atoms with van der Waals surface area (Å²) >= 11 is 0. The predicted octanol–water partition coefficient (Wildman–Crippen LogP) is 3.34. The van der Waals surface area contributed by atoms with Crippen molar-refractivity contribution in [3.63, 3.8) is 0 Å². The molecule has 0 aliphatic carbocycles. The number of fused-ring (bicyclic) bond motifs is 1. The number of hydrogen-bond donors (Lipinski definition) is 1. The van der Waals surface area contributed by atoms with Crippen molar-refractivity contribution in [3.8, 4) is 5.69 Å². The van der Waals surface area contributed by atoms with Crippen molar-refractivity contribution in [2.45, 2.75) is 6.18 Å². The minimum Gasteiger partial charge on any atom is -0.305 e. The van der Waals surface area contributed by atoms with E-state index in [9.17, 15) is 18.0 Å². The van der Waals surface area contributed by atoms with Gasteiger partial charge in [-0.1, -0.05) is 24.3 Å². The molecule has 0 radical (unpaired) electrons. The largest absolute Gasteiger partial charge is 0.418 e. The molecule has 0 aliphatic rings. The zero-order valence-electron chi connectivity index (χ0n) is 10.1. The van der Waals surface area contributed by atoms with Crippen molar-refractivity contribution in [2.24, 2.45) is 0 Å². The lowest BCUT2D eigenvalue weighted by molar-refractivity contribution is -0.136. The van der Waals surface area contributed by atoms with Gasteiger partial charge < -0.3 is 4.98 Å². The molecule has 0 atom stereocenters. The SMILES string of the molecule is O=c1[nH]c2cccc(C(F)(F)F)c2n1-c1ccccc1. The molecule has 3 aromatic rings. The van der Waals surface area contributed by atoms with E-state index in [1.54, 1.807) is 30.3 Å². The van der Waals surface area contributed by atoms with E-state index >= 15 is 0 Å². The number of nitrogens with one attached hydrogen (secondary N) is 1. The molecule has 0 saturated heterocycles. The quantitative estimate of drug-likeness (QED) is 0.728. The molecule has 1 heterocycles. The number of imidazole rings is 1. The first-order valence-corrected chi connectivity index (χ1v) is 5.85. The molecule has 0 spiro atoms. The molecule has 0 fully saturated rings. The van der Waals surface area contributed by atoms with Crippen molar-refractivity contribution in [1.82, 2.24) is 9.55 Å². The van der Waals surface area contributed by atoms with Crippen LogP contribution in [0.25, 0.3) is 16.7 Å². The highest BCUT2D eigenvalue weighted by Crippen LogP contribution is 2.34. The van der Waals surface area contributed by atoms with E-state index in [-0.39, 0.29) is 11.0 Å². The Balaban J connectivity index is 2.44. The van der Waals surface area contributed by atoms with Crippen LogP contribution in [0.5, 0.6) is 0 Å². The molecule has 102 valence electrons. The zero-order chi connectivity index (χ0) is 14.3. The van der Waals surface area contributed by atoms with Crippen LogP contribution in [-0.2, 0) is 6.18 Å². The summed E-state index contributed by atoms with van der Waals surface area (Å²) in [5.74, 6) is 0. The van der Waals surface area contributed by atoms with Gasteiger partial charge in [-0.15, -0.1) is 0 Å². The lowest BCUT2D eigenvalue weighted by atomic mass is 10.1. The monoisotopic (exact) mass is 278 g/mol. The number of halogens is 3. The first kappa shape index (κ1) is 12.5.